The number of aryl methyl sites for hydroxylation is 1. The predicted molar refractivity (Wildman–Crippen MR) is 129 cm³/mol. The minimum atomic E-state index is -0.300. The molecule has 0 radical (unpaired) electrons. The van der Waals surface area contributed by atoms with Crippen molar-refractivity contribution in [1.29, 1.82) is 0 Å². The first-order chi connectivity index (χ1) is 15.8. The van der Waals surface area contributed by atoms with Crippen molar-refractivity contribution < 1.29 is 14.0 Å². The van der Waals surface area contributed by atoms with Gasteiger partial charge in [0.1, 0.15) is 11.5 Å². The third-order valence-electron chi connectivity index (χ3n) is 6.60. The smallest absolute Gasteiger partial charge is 0.270 e. The molecular formula is C27H30FN3O2. The lowest BCUT2D eigenvalue weighted by atomic mass is 10.1. The van der Waals surface area contributed by atoms with E-state index in [0.29, 0.717) is 36.5 Å². The minimum absolute atomic E-state index is 0.0544. The number of Topliss-reactive ketones (excluding diaryl/α,β-unsaturated/α-hetero) is 1. The molecule has 4 rings (SSSR count). The summed E-state index contributed by atoms with van der Waals surface area (Å²) in [6.45, 7) is 10.5. The van der Waals surface area contributed by atoms with Crippen LogP contribution in [0.25, 0.3) is 0 Å². The second-order valence-electron chi connectivity index (χ2n) is 8.77. The lowest BCUT2D eigenvalue weighted by Gasteiger charge is -2.37. The third-order valence-corrected chi connectivity index (χ3v) is 6.60. The van der Waals surface area contributed by atoms with Crippen molar-refractivity contribution >= 4 is 17.4 Å². The zero-order valence-corrected chi connectivity index (χ0v) is 19.7. The number of nitrogens with zero attached hydrogens (tertiary/aromatic N) is 3. The number of anilines is 1. The molecule has 1 saturated heterocycles. The van der Waals surface area contributed by atoms with E-state index >= 15 is 0 Å². The molecule has 0 unspecified atom stereocenters. The molecule has 33 heavy (non-hydrogen) atoms. The largest absolute Gasteiger partial charge is 0.368 e. The van der Waals surface area contributed by atoms with Crippen molar-refractivity contribution in [3.05, 3.63) is 88.0 Å². The molecule has 172 valence electrons. The van der Waals surface area contributed by atoms with E-state index in [2.05, 4.69) is 24.0 Å². The Balaban J connectivity index is 1.62. The topological polar surface area (TPSA) is 45.6 Å². The summed E-state index contributed by atoms with van der Waals surface area (Å²) in [7, 11) is 0. The van der Waals surface area contributed by atoms with Gasteiger partial charge in [-0.3, -0.25) is 9.59 Å². The van der Waals surface area contributed by atoms with Crippen molar-refractivity contribution in [2.75, 3.05) is 31.1 Å². The fourth-order valence-corrected chi connectivity index (χ4v) is 4.88. The Bertz CT molecular complexity index is 1190. The van der Waals surface area contributed by atoms with Gasteiger partial charge in [0.05, 0.1) is 0 Å². The Kier molecular flexibility index (Phi) is 6.36. The molecule has 0 spiro atoms. The lowest BCUT2D eigenvalue weighted by molar-refractivity contribution is 0.0735. The van der Waals surface area contributed by atoms with E-state index in [1.165, 1.54) is 30.3 Å². The number of aromatic nitrogens is 1. The van der Waals surface area contributed by atoms with Gasteiger partial charge in [-0.1, -0.05) is 30.3 Å². The summed E-state index contributed by atoms with van der Waals surface area (Å²) < 4.78 is 15.3. The molecule has 1 aliphatic rings. The van der Waals surface area contributed by atoms with E-state index in [-0.39, 0.29) is 17.5 Å². The quantitative estimate of drug-likeness (QED) is 0.530. The van der Waals surface area contributed by atoms with Crippen LogP contribution in [0.2, 0.25) is 0 Å². The number of carbonyl (C=O) groups excluding carboxylic acids is 2. The summed E-state index contributed by atoms with van der Waals surface area (Å²) in [5.74, 6) is -0.415. The highest BCUT2D eigenvalue weighted by Gasteiger charge is 2.30. The molecule has 0 bridgehead atoms. The van der Waals surface area contributed by atoms with Crippen molar-refractivity contribution in [3.8, 4) is 0 Å². The van der Waals surface area contributed by atoms with E-state index in [1.54, 1.807) is 12.1 Å². The van der Waals surface area contributed by atoms with Gasteiger partial charge in [-0.15, -0.1) is 0 Å². The summed E-state index contributed by atoms with van der Waals surface area (Å²) in [6, 6.07) is 14.6. The van der Waals surface area contributed by atoms with E-state index in [0.717, 1.165) is 24.3 Å². The molecular weight excluding hydrogens is 417 g/mol. The van der Waals surface area contributed by atoms with E-state index in [4.69, 9.17) is 0 Å². The summed E-state index contributed by atoms with van der Waals surface area (Å²) >= 11 is 0. The Hall–Kier alpha value is -3.41. The van der Waals surface area contributed by atoms with E-state index < -0.39 is 0 Å². The van der Waals surface area contributed by atoms with Crippen LogP contribution in [0.3, 0.4) is 0 Å². The molecule has 3 aromatic rings. The number of carbonyl (C=O) groups is 2. The van der Waals surface area contributed by atoms with E-state index in [1.807, 2.05) is 35.4 Å². The van der Waals surface area contributed by atoms with Gasteiger partial charge >= 0.3 is 0 Å². The fourth-order valence-electron chi connectivity index (χ4n) is 4.88. The lowest BCUT2D eigenvalue weighted by Crippen LogP contribution is -2.49. The number of amides is 1. The molecule has 1 amide bonds. The number of benzene rings is 2. The molecule has 6 heteroatoms. The number of rotatable bonds is 5. The first-order valence-corrected chi connectivity index (χ1v) is 11.3. The van der Waals surface area contributed by atoms with Gasteiger partial charge in [0.2, 0.25) is 0 Å². The number of hydrogen-bond acceptors (Lipinski definition) is 3. The molecule has 1 fully saturated rings. The van der Waals surface area contributed by atoms with Gasteiger partial charge in [-0.25, -0.2) is 4.39 Å². The first kappa shape index (κ1) is 22.8. The molecule has 1 aromatic heterocycles. The van der Waals surface area contributed by atoms with Crippen LogP contribution in [-0.2, 0) is 6.54 Å². The molecule has 5 nitrogen and oxygen atoms in total. The molecule has 2 aromatic carbocycles. The summed E-state index contributed by atoms with van der Waals surface area (Å²) in [6.07, 6.45) is 0. The van der Waals surface area contributed by atoms with Crippen LogP contribution < -0.4 is 4.90 Å². The zero-order valence-electron chi connectivity index (χ0n) is 19.7. The van der Waals surface area contributed by atoms with Crippen LogP contribution in [0.1, 0.15) is 50.2 Å². The van der Waals surface area contributed by atoms with Crippen molar-refractivity contribution in [3.63, 3.8) is 0 Å². The Morgan fingerprint density at radius 2 is 1.55 bits per heavy atom. The highest BCUT2D eigenvalue weighted by molar-refractivity contribution is 6.03. The average Bonchev–Trinajstić information content (AvgIpc) is 3.04. The summed E-state index contributed by atoms with van der Waals surface area (Å²) in [5, 5.41) is 0. The van der Waals surface area contributed by atoms with Gasteiger partial charge in [-0.05, 0) is 62.6 Å². The molecule has 0 N–H and O–H groups in total. The zero-order chi connectivity index (χ0) is 23.7. The first-order valence-electron chi connectivity index (χ1n) is 11.3. The SMILES string of the molecule is CC(=O)c1c(C)c(C(=O)N2CCN(c3ccccc3C)CC2)n(Cc2ccc(F)cc2)c1C. The third kappa shape index (κ3) is 4.42. The molecule has 0 atom stereocenters. The highest BCUT2D eigenvalue weighted by Crippen LogP contribution is 2.27. The van der Waals surface area contributed by atoms with Crippen LogP contribution in [-0.4, -0.2) is 47.3 Å². The number of hydrogen-bond donors (Lipinski definition) is 0. The number of para-hydroxylation sites is 1. The summed E-state index contributed by atoms with van der Waals surface area (Å²) in [5.41, 5.74) is 5.94. The maximum atomic E-state index is 13.7. The van der Waals surface area contributed by atoms with Crippen molar-refractivity contribution in [1.82, 2.24) is 9.47 Å². The Morgan fingerprint density at radius 1 is 0.909 bits per heavy atom. The number of ketones is 1. The van der Waals surface area contributed by atoms with Crippen molar-refractivity contribution in [2.45, 2.75) is 34.2 Å². The molecule has 2 heterocycles. The van der Waals surface area contributed by atoms with Gasteiger partial charge < -0.3 is 14.4 Å². The van der Waals surface area contributed by atoms with Crippen LogP contribution in [0.15, 0.2) is 48.5 Å². The predicted octanol–water partition coefficient (Wildman–Crippen LogP) is 4.77. The minimum Gasteiger partial charge on any atom is -0.368 e. The van der Waals surface area contributed by atoms with Gasteiger partial charge in [0.25, 0.3) is 5.91 Å². The maximum Gasteiger partial charge on any atom is 0.270 e. The molecule has 1 aliphatic heterocycles. The van der Waals surface area contributed by atoms with Gasteiger partial charge in [-0.2, -0.15) is 0 Å². The van der Waals surface area contributed by atoms with Crippen LogP contribution in [0.4, 0.5) is 10.1 Å². The fraction of sp³-hybridized carbons (Fsp3) is 0.333. The summed E-state index contributed by atoms with van der Waals surface area (Å²) in [4.78, 5) is 30.3. The molecule has 0 saturated carbocycles. The van der Waals surface area contributed by atoms with Gasteiger partial charge in [0, 0.05) is 49.7 Å². The van der Waals surface area contributed by atoms with Gasteiger partial charge in [0.15, 0.2) is 5.78 Å². The highest BCUT2D eigenvalue weighted by atomic mass is 19.1. The second kappa shape index (κ2) is 9.22. The van der Waals surface area contributed by atoms with Crippen LogP contribution in [0.5, 0.6) is 0 Å². The standard InChI is InChI=1S/C27H30FN3O2/c1-18-7-5-6-8-24(18)29-13-15-30(16-14-29)27(33)26-19(2)25(21(4)32)20(3)31(26)17-22-9-11-23(28)12-10-22/h5-12H,13-17H2,1-4H3. The average molecular weight is 448 g/mol. The van der Waals surface area contributed by atoms with Crippen LogP contribution in [0, 0.1) is 26.6 Å². The molecule has 0 aliphatic carbocycles. The normalized spacial score (nSPS) is 14.0. The Labute approximate surface area is 194 Å². The number of halogens is 1. The Morgan fingerprint density at radius 3 is 2.15 bits per heavy atom. The van der Waals surface area contributed by atoms with Crippen LogP contribution >= 0.6 is 0 Å². The second-order valence-corrected chi connectivity index (χ2v) is 8.77. The maximum absolute atomic E-state index is 13.7. The van der Waals surface area contributed by atoms with Crippen molar-refractivity contribution in [2.24, 2.45) is 0 Å². The monoisotopic (exact) mass is 447 g/mol. The van der Waals surface area contributed by atoms with E-state index in [9.17, 15) is 14.0 Å². The number of piperazine rings is 1.